The van der Waals surface area contributed by atoms with Gasteiger partial charge in [-0.25, -0.2) is 4.98 Å². The predicted molar refractivity (Wildman–Crippen MR) is 105 cm³/mol. The number of aryl methyl sites for hydroxylation is 1. The van der Waals surface area contributed by atoms with Gasteiger partial charge in [0.2, 0.25) is 0 Å². The van der Waals surface area contributed by atoms with Gasteiger partial charge in [0.05, 0.1) is 22.3 Å². The second-order valence-corrected chi connectivity index (χ2v) is 5.83. The van der Waals surface area contributed by atoms with Gasteiger partial charge in [0, 0.05) is 31.9 Å². The summed E-state index contributed by atoms with van der Waals surface area (Å²) in [5.41, 5.74) is 2.82. The third kappa shape index (κ3) is 6.54. The average Bonchev–Trinajstić information content (AvgIpc) is 2.96. The van der Waals surface area contributed by atoms with Crippen LogP contribution < -0.4 is 10.6 Å². The number of aromatic nitrogens is 1. The molecule has 5 nitrogen and oxygen atoms in total. The first-order valence-electron chi connectivity index (χ1n) is 7.06. The molecule has 0 bridgehead atoms. The van der Waals surface area contributed by atoms with Crippen LogP contribution in [0.25, 0.3) is 0 Å². The minimum Gasteiger partial charge on any atom is -0.356 e. The zero-order chi connectivity index (χ0) is 15.8. The Bertz CT molecular complexity index is 690. The van der Waals surface area contributed by atoms with E-state index >= 15 is 0 Å². The van der Waals surface area contributed by atoms with Crippen molar-refractivity contribution in [3.63, 3.8) is 0 Å². The van der Waals surface area contributed by atoms with E-state index in [2.05, 4.69) is 32.1 Å². The molecule has 1 heterocycles. The van der Waals surface area contributed by atoms with E-state index in [0.29, 0.717) is 12.1 Å². The highest BCUT2D eigenvalue weighted by molar-refractivity contribution is 14.0. The summed E-state index contributed by atoms with van der Waals surface area (Å²) in [6, 6.07) is 9.69. The Morgan fingerprint density at radius 1 is 1.39 bits per heavy atom. The number of hydrogen-bond acceptors (Lipinski definition) is 4. The van der Waals surface area contributed by atoms with Crippen molar-refractivity contribution in [2.75, 3.05) is 13.6 Å². The number of hydrogen-bond donors (Lipinski definition) is 2. The number of nitrogens with zero attached hydrogens (tertiary/aromatic N) is 3. The molecule has 0 spiro atoms. The van der Waals surface area contributed by atoms with E-state index in [0.717, 1.165) is 35.2 Å². The Balaban J connectivity index is 0.00000264. The summed E-state index contributed by atoms with van der Waals surface area (Å²) >= 11 is 1.67. The highest BCUT2D eigenvalue weighted by Gasteiger charge is 2.01. The van der Waals surface area contributed by atoms with Gasteiger partial charge in [0.1, 0.15) is 0 Å². The molecule has 23 heavy (non-hydrogen) atoms. The third-order valence-electron chi connectivity index (χ3n) is 3.08. The number of benzene rings is 1. The summed E-state index contributed by atoms with van der Waals surface area (Å²) in [5.74, 6) is 0.745. The van der Waals surface area contributed by atoms with Gasteiger partial charge in [-0.3, -0.25) is 4.99 Å². The normalized spacial score (nSPS) is 10.6. The highest BCUT2D eigenvalue weighted by Crippen LogP contribution is 2.07. The van der Waals surface area contributed by atoms with E-state index in [9.17, 15) is 0 Å². The molecule has 122 valence electrons. The summed E-state index contributed by atoms with van der Waals surface area (Å²) < 4.78 is 0. The monoisotopic (exact) mass is 441 g/mol. The molecule has 0 aliphatic rings. The molecule has 0 fully saturated rings. The Labute approximate surface area is 157 Å². The highest BCUT2D eigenvalue weighted by atomic mass is 127. The molecule has 2 N–H and O–H groups in total. The topological polar surface area (TPSA) is 73.1 Å². The fourth-order valence-electron chi connectivity index (χ4n) is 1.99. The van der Waals surface area contributed by atoms with Crippen molar-refractivity contribution >= 4 is 41.3 Å². The molecule has 7 heteroatoms. The van der Waals surface area contributed by atoms with E-state index in [1.165, 1.54) is 0 Å². The van der Waals surface area contributed by atoms with Crippen LogP contribution >= 0.6 is 35.3 Å². The van der Waals surface area contributed by atoms with Gasteiger partial charge in [-0.1, -0.05) is 12.1 Å². The van der Waals surface area contributed by atoms with E-state index in [4.69, 9.17) is 5.26 Å². The molecule has 1 aromatic heterocycles. The standard InChI is InChI=1S/C16H19N5S.HI/c1-12-21-15(11-22-12)6-7-19-16(18-2)20-10-14-5-3-4-13(8-14)9-17;/h3-5,8,11H,6-7,10H2,1-2H3,(H2,18,19,20);1H. The lowest BCUT2D eigenvalue weighted by Gasteiger charge is -2.11. The summed E-state index contributed by atoms with van der Waals surface area (Å²) in [5, 5.41) is 18.6. The van der Waals surface area contributed by atoms with E-state index in [1.807, 2.05) is 25.1 Å². The first kappa shape index (κ1) is 19.4. The van der Waals surface area contributed by atoms with E-state index in [1.54, 1.807) is 24.5 Å². The summed E-state index contributed by atoms with van der Waals surface area (Å²) in [6.07, 6.45) is 0.870. The number of nitrogens with one attached hydrogen (secondary N) is 2. The lowest BCUT2D eigenvalue weighted by atomic mass is 10.1. The van der Waals surface area contributed by atoms with Gasteiger partial charge in [-0.15, -0.1) is 35.3 Å². The molecule has 2 rings (SSSR count). The fraction of sp³-hybridized carbons (Fsp3) is 0.312. The second-order valence-electron chi connectivity index (χ2n) is 4.77. The first-order chi connectivity index (χ1) is 10.7. The van der Waals surface area contributed by atoms with E-state index in [-0.39, 0.29) is 24.0 Å². The first-order valence-corrected chi connectivity index (χ1v) is 7.94. The minimum absolute atomic E-state index is 0. The van der Waals surface area contributed by atoms with Crippen molar-refractivity contribution in [2.24, 2.45) is 4.99 Å². The molecular formula is C16H20IN5S. The van der Waals surface area contributed by atoms with Crippen LogP contribution in [0.15, 0.2) is 34.6 Å². The van der Waals surface area contributed by atoms with Crippen LogP contribution in [0.1, 0.15) is 21.8 Å². The van der Waals surface area contributed by atoms with Crippen LogP contribution in [0.5, 0.6) is 0 Å². The van der Waals surface area contributed by atoms with Crippen LogP contribution in [0.4, 0.5) is 0 Å². The van der Waals surface area contributed by atoms with Crippen LogP contribution in [0.2, 0.25) is 0 Å². The van der Waals surface area contributed by atoms with Gasteiger partial charge >= 0.3 is 0 Å². The molecule has 0 atom stereocenters. The van der Waals surface area contributed by atoms with Crippen LogP contribution in [-0.2, 0) is 13.0 Å². The Morgan fingerprint density at radius 3 is 2.87 bits per heavy atom. The fourth-order valence-corrected chi connectivity index (χ4v) is 2.64. The maximum atomic E-state index is 8.90. The molecule has 0 amide bonds. The molecule has 2 aromatic rings. The van der Waals surface area contributed by atoms with Crippen molar-refractivity contribution in [3.05, 3.63) is 51.5 Å². The lowest BCUT2D eigenvalue weighted by Crippen LogP contribution is -2.37. The number of thiazole rings is 1. The SMILES string of the molecule is CN=C(NCCc1csc(C)n1)NCc1cccc(C#N)c1.I. The largest absolute Gasteiger partial charge is 0.356 e. The molecule has 0 saturated carbocycles. The van der Waals surface area contributed by atoms with Crippen molar-refractivity contribution in [3.8, 4) is 6.07 Å². The smallest absolute Gasteiger partial charge is 0.191 e. The van der Waals surface area contributed by atoms with Crippen molar-refractivity contribution in [1.82, 2.24) is 15.6 Å². The van der Waals surface area contributed by atoms with Gasteiger partial charge in [0.25, 0.3) is 0 Å². The molecule has 0 unspecified atom stereocenters. The summed E-state index contributed by atoms with van der Waals surface area (Å²) in [6.45, 7) is 3.42. The third-order valence-corrected chi connectivity index (χ3v) is 3.90. The predicted octanol–water partition coefficient (Wildman–Crippen LogP) is 2.85. The number of halogens is 1. The molecular weight excluding hydrogens is 421 g/mol. The zero-order valence-corrected chi connectivity index (χ0v) is 16.3. The van der Waals surface area contributed by atoms with Gasteiger partial charge in [-0.2, -0.15) is 5.26 Å². The number of rotatable bonds is 5. The van der Waals surface area contributed by atoms with Crippen molar-refractivity contribution in [2.45, 2.75) is 19.9 Å². The summed E-state index contributed by atoms with van der Waals surface area (Å²) in [4.78, 5) is 8.63. The van der Waals surface area contributed by atoms with Crippen molar-refractivity contribution < 1.29 is 0 Å². The summed E-state index contributed by atoms with van der Waals surface area (Å²) in [7, 11) is 1.74. The number of guanidine groups is 1. The zero-order valence-electron chi connectivity index (χ0n) is 13.2. The van der Waals surface area contributed by atoms with Crippen LogP contribution in [0.3, 0.4) is 0 Å². The lowest BCUT2D eigenvalue weighted by molar-refractivity contribution is 0.786. The maximum absolute atomic E-state index is 8.90. The van der Waals surface area contributed by atoms with Gasteiger partial charge in [0.15, 0.2) is 5.96 Å². The van der Waals surface area contributed by atoms with Gasteiger partial charge in [-0.05, 0) is 24.6 Å². The number of nitriles is 1. The average molecular weight is 441 g/mol. The number of aliphatic imine (C=N–C) groups is 1. The molecule has 0 aliphatic heterocycles. The van der Waals surface area contributed by atoms with Crippen molar-refractivity contribution in [1.29, 1.82) is 5.26 Å². The molecule has 1 aromatic carbocycles. The van der Waals surface area contributed by atoms with E-state index < -0.39 is 0 Å². The Kier molecular flexibility index (Phi) is 8.58. The maximum Gasteiger partial charge on any atom is 0.191 e. The molecule has 0 saturated heterocycles. The molecule has 0 aliphatic carbocycles. The van der Waals surface area contributed by atoms with Crippen LogP contribution in [0, 0.1) is 18.3 Å². The Hall–Kier alpha value is -1.66. The minimum atomic E-state index is 0. The quantitative estimate of drug-likeness (QED) is 0.425. The Morgan fingerprint density at radius 2 is 2.22 bits per heavy atom. The van der Waals surface area contributed by atoms with Gasteiger partial charge < -0.3 is 10.6 Å². The molecule has 0 radical (unpaired) electrons. The van der Waals surface area contributed by atoms with Crippen LogP contribution in [-0.4, -0.2) is 24.5 Å². The second kappa shape index (κ2) is 10.2.